The second kappa shape index (κ2) is 5.47. The molecule has 7 heteroatoms. The van der Waals surface area contributed by atoms with Crippen LogP contribution in [0.15, 0.2) is 12.3 Å². The smallest absolute Gasteiger partial charge is 0.396 e. The quantitative estimate of drug-likeness (QED) is 0.874. The van der Waals surface area contributed by atoms with E-state index in [4.69, 9.17) is 5.73 Å². The number of hydrogen-bond acceptors (Lipinski definition) is 4. The van der Waals surface area contributed by atoms with Crippen LogP contribution in [-0.2, 0) is 6.18 Å². The molecule has 1 fully saturated rings. The van der Waals surface area contributed by atoms with Crippen LogP contribution in [0.4, 0.5) is 24.5 Å². The first-order valence-electron chi connectivity index (χ1n) is 6.57. The highest BCUT2D eigenvalue weighted by atomic mass is 19.4. The van der Waals surface area contributed by atoms with E-state index >= 15 is 0 Å². The van der Waals surface area contributed by atoms with Crippen LogP contribution in [0.2, 0.25) is 0 Å². The van der Waals surface area contributed by atoms with Gasteiger partial charge in [0.1, 0.15) is 5.69 Å². The number of rotatable bonds is 5. The third kappa shape index (κ3) is 3.53. The summed E-state index contributed by atoms with van der Waals surface area (Å²) in [7, 11) is 2.03. The monoisotopic (exact) mass is 288 g/mol. The number of anilines is 2. The van der Waals surface area contributed by atoms with Gasteiger partial charge >= 0.3 is 6.18 Å². The van der Waals surface area contributed by atoms with Crippen LogP contribution in [0, 0.1) is 0 Å². The third-order valence-electron chi connectivity index (χ3n) is 3.63. The van der Waals surface area contributed by atoms with E-state index in [1.165, 1.54) is 12.8 Å². The number of halogens is 3. The summed E-state index contributed by atoms with van der Waals surface area (Å²) >= 11 is 0. The molecular formula is C13H19F3N4. The van der Waals surface area contributed by atoms with Crippen LogP contribution < -0.4 is 11.1 Å². The summed E-state index contributed by atoms with van der Waals surface area (Å²) in [5.41, 5.74) is 5.23. The number of nitrogen functional groups attached to an aromatic ring is 1. The van der Waals surface area contributed by atoms with Gasteiger partial charge in [-0.1, -0.05) is 0 Å². The first kappa shape index (κ1) is 14.9. The lowest BCUT2D eigenvalue weighted by Crippen LogP contribution is -2.36. The van der Waals surface area contributed by atoms with E-state index in [1.807, 2.05) is 14.0 Å². The van der Waals surface area contributed by atoms with Crippen molar-refractivity contribution in [3.8, 4) is 0 Å². The second-order valence-corrected chi connectivity index (χ2v) is 5.28. The fourth-order valence-corrected chi connectivity index (χ4v) is 2.02. The highest BCUT2D eigenvalue weighted by Crippen LogP contribution is 2.31. The molecule has 1 unspecified atom stereocenters. The van der Waals surface area contributed by atoms with Gasteiger partial charge in [-0.3, -0.25) is 4.90 Å². The van der Waals surface area contributed by atoms with Crippen molar-refractivity contribution in [1.29, 1.82) is 0 Å². The average molecular weight is 288 g/mol. The molecule has 20 heavy (non-hydrogen) atoms. The van der Waals surface area contributed by atoms with Crippen LogP contribution in [-0.4, -0.2) is 35.6 Å². The molecule has 1 aliphatic rings. The van der Waals surface area contributed by atoms with Crippen molar-refractivity contribution >= 4 is 11.4 Å². The highest BCUT2D eigenvalue weighted by molar-refractivity contribution is 5.65. The maximum atomic E-state index is 12.6. The lowest BCUT2D eigenvalue weighted by atomic mass is 10.2. The highest BCUT2D eigenvalue weighted by Gasteiger charge is 2.33. The molecule has 2 rings (SSSR count). The van der Waals surface area contributed by atoms with Crippen LogP contribution in [0.1, 0.15) is 25.5 Å². The SMILES string of the molecule is CC(CNc1cc(C(F)(F)F)ncc1N)N(C)C1CC1. The Labute approximate surface area is 116 Å². The number of pyridine rings is 1. The van der Waals surface area contributed by atoms with Gasteiger partial charge in [-0.25, -0.2) is 4.98 Å². The predicted octanol–water partition coefficient (Wildman–Crippen LogP) is 2.58. The maximum absolute atomic E-state index is 12.6. The van der Waals surface area contributed by atoms with E-state index in [0.717, 1.165) is 12.3 Å². The standard InChI is InChI=1S/C13H19F3N4/c1-8(20(2)9-3-4-9)6-18-11-5-12(13(14,15)16)19-7-10(11)17/h5,7-9H,3-4,6,17H2,1-2H3,(H,18,19). The minimum Gasteiger partial charge on any atom is -0.396 e. The minimum absolute atomic E-state index is 0.222. The van der Waals surface area contributed by atoms with Crippen molar-refractivity contribution in [1.82, 2.24) is 9.88 Å². The maximum Gasteiger partial charge on any atom is 0.433 e. The van der Waals surface area contributed by atoms with Gasteiger partial charge in [-0.2, -0.15) is 13.2 Å². The van der Waals surface area contributed by atoms with Crippen molar-refractivity contribution in [3.63, 3.8) is 0 Å². The number of nitrogens with one attached hydrogen (secondary N) is 1. The third-order valence-corrected chi connectivity index (χ3v) is 3.63. The zero-order valence-electron chi connectivity index (χ0n) is 11.5. The van der Waals surface area contributed by atoms with Crippen molar-refractivity contribution in [2.24, 2.45) is 0 Å². The first-order chi connectivity index (χ1) is 9.29. The molecule has 112 valence electrons. The zero-order chi connectivity index (χ0) is 14.9. The molecule has 1 aliphatic carbocycles. The van der Waals surface area contributed by atoms with Crippen molar-refractivity contribution in [2.45, 2.75) is 38.0 Å². The van der Waals surface area contributed by atoms with Gasteiger partial charge in [0, 0.05) is 18.6 Å². The molecule has 1 aromatic heterocycles. The topological polar surface area (TPSA) is 54.2 Å². The summed E-state index contributed by atoms with van der Waals surface area (Å²) < 4.78 is 37.8. The number of aromatic nitrogens is 1. The number of nitrogens with zero attached hydrogens (tertiary/aromatic N) is 2. The average Bonchev–Trinajstić information content (AvgIpc) is 3.19. The van der Waals surface area contributed by atoms with Crippen molar-refractivity contribution < 1.29 is 13.2 Å². The molecule has 0 saturated heterocycles. The van der Waals surface area contributed by atoms with Crippen LogP contribution in [0.25, 0.3) is 0 Å². The summed E-state index contributed by atoms with van der Waals surface area (Å²) in [6.07, 6.45) is -1.03. The molecule has 1 aromatic rings. The lowest BCUT2D eigenvalue weighted by molar-refractivity contribution is -0.141. The van der Waals surface area contributed by atoms with Crippen molar-refractivity contribution in [2.75, 3.05) is 24.6 Å². The summed E-state index contributed by atoms with van der Waals surface area (Å²) in [6.45, 7) is 2.58. The van der Waals surface area contributed by atoms with Gasteiger partial charge in [-0.15, -0.1) is 0 Å². The summed E-state index contributed by atoms with van der Waals surface area (Å²) in [6, 6.07) is 1.79. The molecule has 1 atom stereocenters. The zero-order valence-corrected chi connectivity index (χ0v) is 11.5. The molecule has 0 amide bonds. The van der Waals surface area contributed by atoms with Gasteiger partial charge < -0.3 is 11.1 Å². The Morgan fingerprint density at radius 3 is 2.70 bits per heavy atom. The Bertz CT molecular complexity index is 471. The molecule has 1 saturated carbocycles. The Morgan fingerprint density at radius 1 is 1.50 bits per heavy atom. The summed E-state index contributed by atoms with van der Waals surface area (Å²) in [5.74, 6) is 0. The van der Waals surface area contributed by atoms with E-state index in [1.54, 1.807) is 0 Å². The van der Waals surface area contributed by atoms with Gasteiger partial charge in [0.05, 0.1) is 17.6 Å². The molecule has 3 N–H and O–H groups in total. The molecule has 0 bridgehead atoms. The van der Waals surface area contributed by atoms with Gasteiger partial charge in [0.25, 0.3) is 0 Å². The van der Waals surface area contributed by atoms with Crippen LogP contribution in [0.3, 0.4) is 0 Å². The van der Waals surface area contributed by atoms with E-state index in [2.05, 4.69) is 15.2 Å². The number of hydrogen-bond donors (Lipinski definition) is 2. The molecule has 0 spiro atoms. The van der Waals surface area contributed by atoms with Gasteiger partial charge in [-0.05, 0) is 32.9 Å². The van der Waals surface area contributed by atoms with Crippen LogP contribution in [0.5, 0.6) is 0 Å². The number of likely N-dealkylation sites (N-methyl/N-ethyl adjacent to an activating group) is 1. The van der Waals surface area contributed by atoms with Crippen LogP contribution >= 0.6 is 0 Å². The normalized spacial score (nSPS) is 17.3. The summed E-state index contributed by atoms with van der Waals surface area (Å²) in [5, 5.41) is 2.98. The Morgan fingerprint density at radius 2 is 2.15 bits per heavy atom. The lowest BCUT2D eigenvalue weighted by Gasteiger charge is -2.25. The fraction of sp³-hybridized carbons (Fsp3) is 0.615. The number of alkyl halides is 3. The van der Waals surface area contributed by atoms with Crippen molar-refractivity contribution in [3.05, 3.63) is 18.0 Å². The molecule has 0 radical (unpaired) electrons. The van der Waals surface area contributed by atoms with E-state index < -0.39 is 11.9 Å². The number of nitrogens with two attached hydrogens (primary N) is 1. The molecule has 0 aliphatic heterocycles. The van der Waals surface area contributed by atoms with Gasteiger partial charge in [0.15, 0.2) is 0 Å². The Hall–Kier alpha value is -1.50. The summed E-state index contributed by atoms with van der Waals surface area (Å²) in [4.78, 5) is 5.54. The van der Waals surface area contributed by atoms with E-state index in [9.17, 15) is 13.2 Å². The largest absolute Gasteiger partial charge is 0.433 e. The molecule has 4 nitrogen and oxygen atoms in total. The van der Waals surface area contributed by atoms with E-state index in [-0.39, 0.29) is 17.4 Å². The molecule has 1 heterocycles. The fourth-order valence-electron chi connectivity index (χ4n) is 2.02. The first-order valence-corrected chi connectivity index (χ1v) is 6.57. The molecular weight excluding hydrogens is 269 g/mol. The molecule has 0 aromatic carbocycles. The Balaban J connectivity index is 2.01. The minimum atomic E-state index is -4.46. The van der Waals surface area contributed by atoms with Gasteiger partial charge in [0.2, 0.25) is 0 Å². The predicted molar refractivity (Wildman–Crippen MR) is 72.4 cm³/mol. The Kier molecular flexibility index (Phi) is 4.08. The second-order valence-electron chi connectivity index (χ2n) is 5.28. The van der Waals surface area contributed by atoms with E-state index in [0.29, 0.717) is 12.6 Å².